The molecule has 1 fully saturated rings. The lowest BCUT2D eigenvalue weighted by Crippen LogP contribution is -2.48. The van der Waals surface area contributed by atoms with Gasteiger partial charge in [-0.1, -0.05) is 6.07 Å². The molecule has 1 saturated heterocycles. The van der Waals surface area contributed by atoms with E-state index in [0.717, 1.165) is 23.5 Å². The van der Waals surface area contributed by atoms with Crippen LogP contribution in [0.1, 0.15) is 5.56 Å². The number of carbonyl (C=O) groups is 1. The molecule has 120 valence electrons. The maximum absolute atomic E-state index is 12.1. The van der Waals surface area contributed by atoms with Gasteiger partial charge in [-0.15, -0.1) is 0 Å². The number of hydrogen-bond donors (Lipinski definition) is 1. The number of amides is 2. The Hall–Kier alpha value is -1.95. The van der Waals surface area contributed by atoms with Crippen LogP contribution >= 0.6 is 0 Å². The second-order valence-corrected chi connectivity index (χ2v) is 5.64. The van der Waals surface area contributed by atoms with E-state index in [1.807, 2.05) is 18.2 Å². The first-order valence-corrected chi connectivity index (χ1v) is 7.66. The minimum absolute atomic E-state index is 0.0103. The van der Waals surface area contributed by atoms with Crippen LogP contribution in [-0.4, -0.2) is 57.5 Å². The predicted molar refractivity (Wildman–Crippen MR) is 81.5 cm³/mol. The summed E-state index contributed by atoms with van der Waals surface area (Å²) in [6, 6.07) is 5.88. The van der Waals surface area contributed by atoms with Crippen LogP contribution in [0.2, 0.25) is 0 Å². The van der Waals surface area contributed by atoms with Crippen molar-refractivity contribution in [2.75, 3.05) is 46.6 Å². The van der Waals surface area contributed by atoms with Crippen LogP contribution in [0.25, 0.3) is 0 Å². The molecular formula is C16H22N2O4. The van der Waals surface area contributed by atoms with Gasteiger partial charge in [0.15, 0.2) is 0 Å². The van der Waals surface area contributed by atoms with Gasteiger partial charge in [-0.25, -0.2) is 4.79 Å². The van der Waals surface area contributed by atoms with Crippen molar-refractivity contribution >= 4 is 6.03 Å². The third kappa shape index (κ3) is 3.44. The summed E-state index contributed by atoms with van der Waals surface area (Å²) < 4.78 is 16.2. The van der Waals surface area contributed by atoms with E-state index < -0.39 is 0 Å². The lowest BCUT2D eigenvalue weighted by Gasteiger charge is -2.29. The molecule has 2 amide bonds. The smallest absolute Gasteiger partial charge is 0.317 e. The fourth-order valence-electron chi connectivity index (χ4n) is 2.78. The second kappa shape index (κ2) is 6.87. The number of nitrogens with zero attached hydrogens (tertiary/aromatic N) is 1. The minimum atomic E-state index is -0.0103. The van der Waals surface area contributed by atoms with Gasteiger partial charge in [0.25, 0.3) is 0 Å². The highest BCUT2D eigenvalue weighted by atomic mass is 16.5. The van der Waals surface area contributed by atoms with E-state index in [1.165, 1.54) is 0 Å². The minimum Gasteiger partial charge on any atom is -0.497 e. The normalized spacial score (nSPS) is 20.8. The molecule has 0 spiro atoms. The molecule has 1 atom stereocenters. The van der Waals surface area contributed by atoms with Crippen LogP contribution in [0.4, 0.5) is 4.79 Å². The van der Waals surface area contributed by atoms with Crippen LogP contribution < -0.4 is 14.8 Å². The number of benzene rings is 1. The van der Waals surface area contributed by atoms with E-state index in [2.05, 4.69) is 5.32 Å². The van der Waals surface area contributed by atoms with E-state index in [1.54, 1.807) is 12.0 Å². The molecule has 1 aromatic carbocycles. The number of fused-ring (bicyclic) bond motifs is 1. The zero-order valence-corrected chi connectivity index (χ0v) is 12.8. The fraction of sp³-hybridized carbons (Fsp3) is 0.562. The summed E-state index contributed by atoms with van der Waals surface area (Å²) in [4.78, 5) is 13.9. The van der Waals surface area contributed by atoms with Crippen molar-refractivity contribution in [3.8, 4) is 11.5 Å². The predicted octanol–water partition coefficient (Wildman–Crippen LogP) is 1.29. The van der Waals surface area contributed by atoms with Gasteiger partial charge in [-0.2, -0.15) is 0 Å². The van der Waals surface area contributed by atoms with Crippen molar-refractivity contribution in [1.29, 1.82) is 0 Å². The van der Waals surface area contributed by atoms with Crippen LogP contribution in [0.15, 0.2) is 18.2 Å². The summed E-state index contributed by atoms with van der Waals surface area (Å²) in [5.74, 6) is 1.99. The molecule has 2 aliphatic heterocycles. The molecule has 0 bridgehead atoms. The highest BCUT2D eigenvalue weighted by molar-refractivity contribution is 5.74. The second-order valence-electron chi connectivity index (χ2n) is 5.64. The number of carbonyl (C=O) groups excluding carboxylic acids is 1. The molecule has 1 N–H and O–H groups in total. The van der Waals surface area contributed by atoms with E-state index in [9.17, 15) is 4.79 Å². The fourth-order valence-corrected chi connectivity index (χ4v) is 2.78. The zero-order valence-electron chi connectivity index (χ0n) is 12.8. The number of morpholine rings is 1. The molecule has 1 aromatic rings. The van der Waals surface area contributed by atoms with Crippen molar-refractivity contribution in [2.45, 2.75) is 6.42 Å². The zero-order chi connectivity index (χ0) is 15.4. The Labute approximate surface area is 130 Å². The molecule has 0 aliphatic carbocycles. The number of urea groups is 1. The summed E-state index contributed by atoms with van der Waals surface area (Å²) in [6.45, 7) is 3.81. The Morgan fingerprint density at radius 2 is 2.23 bits per heavy atom. The van der Waals surface area contributed by atoms with Gasteiger partial charge in [0.2, 0.25) is 0 Å². The highest BCUT2D eigenvalue weighted by Crippen LogP contribution is 2.30. The van der Waals surface area contributed by atoms with Crippen molar-refractivity contribution < 1.29 is 19.0 Å². The third-order valence-corrected chi connectivity index (χ3v) is 4.10. The number of ether oxygens (including phenoxy) is 3. The van der Waals surface area contributed by atoms with Crippen LogP contribution in [0.3, 0.4) is 0 Å². The first-order chi connectivity index (χ1) is 10.8. The SMILES string of the molecule is COc1ccc2c(c1)OC[C@H](CNC(=O)N1CCOCC1)C2. The van der Waals surface area contributed by atoms with E-state index in [0.29, 0.717) is 45.4 Å². The lowest BCUT2D eigenvalue weighted by molar-refractivity contribution is 0.0527. The molecule has 2 aliphatic rings. The van der Waals surface area contributed by atoms with Crippen molar-refractivity contribution in [3.05, 3.63) is 23.8 Å². The molecule has 0 unspecified atom stereocenters. The van der Waals surface area contributed by atoms with Crippen molar-refractivity contribution in [1.82, 2.24) is 10.2 Å². The van der Waals surface area contributed by atoms with Gasteiger partial charge in [-0.05, 0) is 18.1 Å². The van der Waals surface area contributed by atoms with Gasteiger partial charge in [0.05, 0.1) is 26.9 Å². The number of nitrogens with one attached hydrogen (secondary N) is 1. The average molecular weight is 306 g/mol. The molecule has 0 saturated carbocycles. The topological polar surface area (TPSA) is 60.0 Å². The van der Waals surface area contributed by atoms with Gasteiger partial charge < -0.3 is 24.4 Å². The lowest BCUT2D eigenvalue weighted by atomic mass is 9.96. The van der Waals surface area contributed by atoms with E-state index in [4.69, 9.17) is 14.2 Å². The molecule has 0 radical (unpaired) electrons. The van der Waals surface area contributed by atoms with Gasteiger partial charge in [0, 0.05) is 31.6 Å². The molecule has 0 aromatic heterocycles. The summed E-state index contributed by atoms with van der Waals surface area (Å²) in [7, 11) is 1.65. The standard InChI is InChI=1S/C16H22N2O4/c1-20-14-3-2-13-8-12(11-22-15(13)9-14)10-17-16(19)18-4-6-21-7-5-18/h2-3,9,12H,4-8,10-11H2,1H3,(H,17,19)/t12-/m0/s1. The Morgan fingerprint density at radius 1 is 1.41 bits per heavy atom. The molecule has 3 rings (SSSR count). The highest BCUT2D eigenvalue weighted by Gasteiger charge is 2.22. The molecule has 6 heteroatoms. The van der Waals surface area contributed by atoms with Crippen LogP contribution in [0.5, 0.6) is 11.5 Å². The summed E-state index contributed by atoms with van der Waals surface area (Å²) in [5.41, 5.74) is 1.16. The monoisotopic (exact) mass is 306 g/mol. The summed E-state index contributed by atoms with van der Waals surface area (Å²) >= 11 is 0. The largest absolute Gasteiger partial charge is 0.497 e. The number of hydrogen-bond acceptors (Lipinski definition) is 4. The maximum Gasteiger partial charge on any atom is 0.317 e. The van der Waals surface area contributed by atoms with Crippen LogP contribution in [-0.2, 0) is 11.2 Å². The molecular weight excluding hydrogens is 284 g/mol. The molecule has 22 heavy (non-hydrogen) atoms. The maximum atomic E-state index is 12.1. The van der Waals surface area contributed by atoms with E-state index >= 15 is 0 Å². The Balaban J connectivity index is 1.51. The van der Waals surface area contributed by atoms with Gasteiger partial charge >= 0.3 is 6.03 Å². The average Bonchev–Trinajstić information content (AvgIpc) is 2.59. The summed E-state index contributed by atoms with van der Waals surface area (Å²) in [6.07, 6.45) is 0.905. The number of methoxy groups -OCH3 is 1. The first-order valence-electron chi connectivity index (χ1n) is 7.66. The third-order valence-electron chi connectivity index (χ3n) is 4.10. The van der Waals surface area contributed by atoms with Crippen LogP contribution in [0, 0.1) is 5.92 Å². The first kappa shape index (κ1) is 15.0. The van der Waals surface area contributed by atoms with Gasteiger partial charge in [0.1, 0.15) is 11.5 Å². The Bertz CT molecular complexity index is 529. The summed E-state index contributed by atoms with van der Waals surface area (Å²) in [5, 5.41) is 3.00. The molecule has 2 heterocycles. The van der Waals surface area contributed by atoms with Gasteiger partial charge in [-0.3, -0.25) is 0 Å². The Morgan fingerprint density at radius 3 is 3.00 bits per heavy atom. The van der Waals surface area contributed by atoms with Crippen molar-refractivity contribution in [3.63, 3.8) is 0 Å². The van der Waals surface area contributed by atoms with Crippen molar-refractivity contribution in [2.24, 2.45) is 5.92 Å². The quantitative estimate of drug-likeness (QED) is 0.914. The Kier molecular flexibility index (Phi) is 4.68. The molecule has 6 nitrogen and oxygen atoms in total. The number of rotatable bonds is 3. The van der Waals surface area contributed by atoms with E-state index in [-0.39, 0.29) is 6.03 Å².